The molecule has 1 aliphatic rings. The predicted octanol–water partition coefficient (Wildman–Crippen LogP) is 3.20. The van der Waals surface area contributed by atoms with E-state index >= 15 is 0 Å². The molecular formula is C15H25N3. The van der Waals surface area contributed by atoms with Gasteiger partial charge in [0.2, 0.25) is 0 Å². The van der Waals surface area contributed by atoms with Crippen LogP contribution in [0.25, 0.3) is 0 Å². The van der Waals surface area contributed by atoms with E-state index in [2.05, 4.69) is 30.2 Å². The van der Waals surface area contributed by atoms with E-state index in [4.69, 9.17) is 5.73 Å². The van der Waals surface area contributed by atoms with Crippen molar-refractivity contribution >= 4 is 5.82 Å². The molecule has 0 saturated heterocycles. The number of nitrogens with two attached hydrogens (primary N) is 1. The zero-order valence-corrected chi connectivity index (χ0v) is 11.6. The van der Waals surface area contributed by atoms with Gasteiger partial charge in [0, 0.05) is 17.8 Å². The minimum atomic E-state index is 0.389. The molecule has 1 atom stereocenters. The van der Waals surface area contributed by atoms with Gasteiger partial charge in [-0.25, -0.2) is 4.98 Å². The lowest BCUT2D eigenvalue weighted by Crippen LogP contribution is -2.29. The Bertz CT molecular complexity index is 383. The largest absolute Gasteiger partial charge is 0.383 e. The van der Waals surface area contributed by atoms with Gasteiger partial charge >= 0.3 is 0 Å². The molecule has 3 heteroatoms. The van der Waals surface area contributed by atoms with Gasteiger partial charge in [0.05, 0.1) is 0 Å². The van der Waals surface area contributed by atoms with Crippen molar-refractivity contribution in [2.45, 2.75) is 52.0 Å². The SMILES string of the molecule is CCCNC(c1cc(C)cnc1N)C1CCCC1. The van der Waals surface area contributed by atoms with Gasteiger partial charge < -0.3 is 11.1 Å². The Morgan fingerprint density at radius 2 is 2.17 bits per heavy atom. The Morgan fingerprint density at radius 3 is 2.83 bits per heavy atom. The molecule has 0 amide bonds. The minimum Gasteiger partial charge on any atom is -0.383 e. The number of rotatable bonds is 5. The van der Waals surface area contributed by atoms with Crippen LogP contribution in [0.15, 0.2) is 12.3 Å². The van der Waals surface area contributed by atoms with Crippen molar-refractivity contribution in [2.75, 3.05) is 12.3 Å². The molecule has 100 valence electrons. The molecule has 1 aliphatic carbocycles. The summed E-state index contributed by atoms with van der Waals surface area (Å²) < 4.78 is 0. The predicted molar refractivity (Wildman–Crippen MR) is 76.4 cm³/mol. The number of hydrogen-bond acceptors (Lipinski definition) is 3. The van der Waals surface area contributed by atoms with Crippen molar-refractivity contribution in [2.24, 2.45) is 5.92 Å². The topological polar surface area (TPSA) is 50.9 Å². The number of nitrogen functional groups attached to an aromatic ring is 1. The normalized spacial score (nSPS) is 18.1. The monoisotopic (exact) mass is 247 g/mol. The van der Waals surface area contributed by atoms with Gasteiger partial charge in [-0.05, 0) is 50.3 Å². The third-order valence-corrected chi connectivity index (χ3v) is 3.91. The second-order valence-corrected chi connectivity index (χ2v) is 5.46. The lowest BCUT2D eigenvalue weighted by atomic mass is 9.91. The highest BCUT2D eigenvalue weighted by Crippen LogP contribution is 2.37. The number of anilines is 1. The van der Waals surface area contributed by atoms with E-state index in [1.807, 2.05) is 6.20 Å². The zero-order valence-electron chi connectivity index (χ0n) is 11.6. The third-order valence-electron chi connectivity index (χ3n) is 3.91. The molecule has 1 saturated carbocycles. The average molecular weight is 247 g/mol. The van der Waals surface area contributed by atoms with Gasteiger partial charge in [-0.15, -0.1) is 0 Å². The first kappa shape index (κ1) is 13.3. The van der Waals surface area contributed by atoms with Crippen LogP contribution in [0.2, 0.25) is 0 Å². The smallest absolute Gasteiger partial charge is 0.128 e. The minimum absolute atomic E-state index is 0.389. The molecule has 0 aliphatic heterocycles. The first-order valence-corrected chi connectivity index (χ1v) is 7.17. The number of aryl methyl sites for hydroxylation is 1. The van der Waals surface area contributed by atoms with E-state index in [1.165, 1.54) is 36.8 Å². The molecule has 1 heterocycles. The Labute approximate surface area is 110 Å². The first-order chi connectivity index (χ1) is 8.72. The average Bonchev–Trinajstić information content (AvgIpc) is 2.88. The fourth-order valence-electron chi connectivity index (χ4n) is 2.97. The van der Waals surface area contributed by atoms with Crippen LogP contribution >= 0.6 is 0 Å². The molecule has 2 rings (SSSR count). The molecule has 3 nitrogen and oxygen atoms in total. The number of pyridine rings is 1. The summed E-state index contributed by atoms with van der Waals surface area (Å²) in [6.07, 6.45) is 8.35. The van der Waals surface area contributed by atoms with Crippen LogP contribution < -0.4 is 11.1 Å². The van der Waals surface area contributed by atoms with E-state index in [9.17, 15) is 0 Å². The van der Waals surface area contributed by atoms with E-state index in [1.54, 1.807) is 0 Å². The van der Waals surface area contributed by atoms with Crippen molar-refractivity contribution in [3.63, 3.8) is 0 Å². The maximum atomic E-state index is 6.08. The van der Waals surface area contributed by atoms with Crippen molar-refractivity contribution in [1.29, 1.82) is 0 Å². The fraction of sp³-hybridized carbons (Fsp3) is 0.667. The summed E-state index contributed by atoms with van der Waals surface area (Å²) in [6.45, 7) is 5.34. The van der Waals surface area contributed by atoms with Crippen molar-refractivity contribution in [3.8, 4) is 0 Å². The van der Waals surface area contributed by atoms with Crippen molar-refractivity contribution in [3.05, 3.63) is 23.4 Å². The maximum absolute atomic E-state index is 6.08. The second-order valence-electron chi connectivity index (χ2n) is 5.46. The zero-order chi connectivity index (χ0) is 13.0. The van der Waals surface area contributed by atoms with Crippen LogP contribution in [0, 0.1) is 12.8 Å². The van der Waals surface area contributed by atoms with Gasteiger partial charge in [0.1, 0.15) is 5.82 Å². The summed E-state index contributed by atoms with van der Waals surface area (Å²) in [7, 11) is 0. The molecule has 0 aromatic carbocycles. The first-order valence-electron chi connectivity index (χ1n) is 7.17. The molecule has 0 radical (unpaired) electrons. The Morgan fingerprint density at radius 1 is 1.44 bits per heavy atom. The third kappa shape index (κ3) is 3.02. The van der Waals surface area contributed by atoms with Crippen molar-refractivity contribution < 1.29 is 0 Å². The van der Waals surface area contributed by atoms with Gasteiger partial charge in [0.25, 0.3) is 0 Å². The standard InChI is InChI=1S/C15H25N3/c1-3-8-17-14(12-6-4-5-7-12)13-9-11(2)10-18-15(13)16/h9-10,12,14,17H,3-8H2,1-2H3,(H2,16,18). The number of aromatic nitrogens is 1. The summed E-state index contributed by atoms with van der Waals surface area (Å²) in [5.41, 5.74) is 8.48. The number of nitrogens with one attached hydrogen (secondary N) is 1. The molecule has 3 N–H and O–H groups in total. The van der Waals surface area contributed by atoms with Gasteiger partial charge in [-0.1, -0.05) is 19.8 Å². The summed E-state index contributed by atoms with van der Waals surface area (Å²) in [5.74, 6) is 1.42. The van der Waals surface area contributed by atoms with Crippen LogP contribution in [-0.2, 0) is 0 Å². The molecule has 0 bridgehead atoms. The highest BCUT2D eigenvalue weighted by atomic mass is 14.9. The van der Waals surface area contributed by atoms with Crippen molar-refractivity contribution in [1.82, 2.24) is 10.3 Å². The fourth-order valence-corrected chi connectivity index (χ4v) is 2.97. The van der Waals surface area contributed by atoms with E-state index in [-0.39, 0.29) is 0 Å². The maximum Gasteiger partial charge on any atom is 0.128 e. The van der Waals surface area contributed by atoms with Crippen LogP contribution in [0.4, 0.5) is 5.82 Å². The molecule has 18 heavy (non-hydrogen) atoms. The highest BCUT2D eigenvalue weighted by Gasteiger charge is 2.27. The van der Waals surface area contributed by atoms with Crippen LogP contribution in [-0.4, -0.2) is 11.5 Å². The van der Waals surface area contributed by atoms with Crippen LogP contribution in [0.3, 0.4) is 0 Å². The summed E-state index contributed by atoms with van der Waals surface area (Å²) in [4.78, 5) is 4.32. The van der Waals surface area contributed by atoms with Gasteiger partial charge in [-0.2, -0.15) is 0 Å². The molecule has 1 unspecified atom stereocenters. The summed E-state index contributed by atoms with van der Waals surface area (Å²) in [5, 5.41) is 3.68. The molecule has 1 aromatic rings. The molecule has 1 aromatic heterocycles. The molecular weight excluding hydrogens is 222 g/mol. The molecule has 1 fully saturated rings. The van der Waals surface area contributed by atoms with Gasteiger partial charge in [-0.3, -0.25) is 0 Å². The van der Waals surface area contributed by atoms with Crippen LogP contribution in [0.5, 0.6) is 0 Å². The molecule has 0 spiro atoms. The quantitative estimate of drug-likeness (QED) is 0.840. The van der Waals surface area contributed by atoms with E-state index in [0.29, 0.717) is 11.9 Å². The van der Waals surface area contributed by atoms with E-state index in [0.717, 1.165) is 18.9 Å². The number of nitrogens with zero attached hydrogens (tertiary/aromatic N) is 1. The number of hydrogen-bond donors (Lipinski definition) is 2. The highest BCUT2D eigenvalue weighted by molar-refractivity contribution is 5.43. The second kappa shape index (κ2) is 6.19. The lowest BCUT2D eigenvalue weighted by Gasteiger charge is -2.26. The van der Waals surface area contributed by atoms with Gasteiger partial charge in [0.15, 0.2) is 0 Å². The Balaban J connectivity index is 2.23. The summed E-state index contributed by atoms with van der Waals surface area (Å²) in [6, 6.07) is 2.59. The Hall–Kier alpha value is -1.09. The van der Waals surface area contributed by atoms with E-state index < -0.39 is 0 Å². The van der Waals surface area contributed by atoms with Crippen LogP contribution in [0.1, 0.15) is 56.2 Å². The lowest BCUT2D eigenvalue weighted by molar-refractivity contribution is 0.368. The Kier molecular flexibility index (Phi) is 4.59. The summed E-state index contributed by atoms with van der Waals surface area (Å²) >= 11 is 0.